The molecule has 1 saturated carbocycles. The van der Waals surface area contributed by atoms with Crippen LogP contribution in [0.2, 0.25) is 5.02 Å². The number of hydrogen-bond acceptors (Lipinski definition) is 2. The Morgan fingerprint density at radius 3 is 2.82 bits per heavy atom. The van der Waals surface area contributed by atoms with Crippen LogP contribution in [0, 0.1) is 5.41 Å². The molecule has 2 rings (SSSR count). The predicted molar refractivity (Wildman–Crippen MR) is 67.4 cm³/mol. The molecule has 0 radical (unpaired) electrons. The number of hydrogen-bond donors (Lipinski definition) is 2. The van der Waals surface area contributed by atoms with Gasteiger partial charge in [-0.05, 0) is 36.5 Å². The molecular weight excluding hydrogens is 238 g/mol. The van der Waals surface area contributed by atoms with Crippen LogP contribution in [0.3, 0.4) is 0 Å². The van der Waals surface area contributed by atoms with E-state index in [1.165, 1.54) is 24.6 Å². The number of aromatic hydroxyl groups is 1. The van der Waals surface area contributed by atoms with E-state index in [0.717, 1.165) is 12.8 Å². The molecular formula is C13H16ClNO2. The van der Waals surface area contributed by atoms with Crippen LogP contribution < -0.4 is 5.32 Å². The third kappa shape index (κ3) is 2.72. The van der Waals surface area contributed by atoms with Crippen molar-refractivity contribution in [2.75, 3.05) is 6.54 Å². The Hall–Kier alpha value is -1.22. The van der Waals surface area contributed by atoms with Crippen molar-refractivity contribution in [2.45, 2.75) is 26.2 Å². The first-order chi connectivity index (χ1) is 8.00. The minimum Gasteiger partial charge on any atom is -0.508 e. The fourth-order valence-electron chi connectivity index (χ4n) is 2.03. The van der Waals surface area contributed by atoms with Crippen molar-refractivity contribution in [3.05, 3.63) is 28.8 Å². The van der Waals surface area contributed by atoms with E-state index < -0.39 is 0 Å². The number of benzene rings is 1. The summed E-state index contributed by atoms with van der Waals surface area (Å²) in [5.41, 5.74) is 0.563. The molecule has 0 atom stereocenters. The van der Waals surface area contributed by atoms with Crippen molar-refractivity contribution >= 4 is 17.5 Å². The van der Waals surface area contributed by atoms with Crippen LogP contribution in [-0.4, -0.2) is 17.6 Å². The Labute approximate surface area is 106 Å². The zero-order chi connectivity index (χ0) is 12.5. The number of phenols is 1. The number of halogens is 1. The van der Waals surface area contributed by atoms with Gasteiger partial charge in [0.1, 0.15) is 5.75 Å². The van der Waals surface area contributed by atoms with Gasteiger partial charge in [-0.1, -0.05) is 24.9 Å². The molecule has 1 aliphatic carbocycles. The van der Waals surface area contributed by atoms with Gasteiger partial charge in [0.05, 0.1) is 10.6 Å². The SMILES string of the molecule is CC1(CNC(=O)c2cc(O)ccc2Cl)CCC1. The molecule has 1 aliphatic rings. The van der Waals surface area contributed by atoms with Crippen molar-refractivity contribution in [2.24, 2.45) is 5.41 Å². The minimum atomic E-state index is -0.223. The summed E-state index contributed by atoms with van der Waals surface area (Å²) in [6.07, 6.45) is 3.54. The fourth-order valence-corrected chi connectivity index (χ4v) is 2.24. The van der Waals surface area contributed by atoms with E-state index >= 15 is 0 Å². The van der Waals surface area contributed by atoms with Gasteiger partial charge < -0.3 is 10.4 Å². The van der Waals surface area contributed by atoms with Gasteiger partial charge in [-0.25, -0.2) is 0 Å². The van der Waals surface area contributed by atoms with Gasteiger partial charge in [-0.2, -0.15) is 0 Å². The monoisotopic (exact) mass is 253 g/mol. The average Bonchev–Trinajstić information content (AvgIpc) is 2.26. The number of nitrogens with one attached hydrogen (secondary N) is 1. The van der Waals surface area contributed by atoms with Crippen LogP contribution >= 0.6 is 11.6 Å². The van der Waals surface area contributed by atoms with Crippen molar-refractivity contribution in [1.82, 2.24) is 5.32 Å². The van der Waals surface area contributed by atoms with Crippen LogP contribution in [0.15, 0.2) is 18.2 Å². The highest BCUT2D eigenvalue weighted by molar-refractivity contribution is 6.33. The molecule has 0 saturated heterocycles. The molecule has 1 aromatic rings. The van der Waals surface area contributed by atoms with Crippen molar-refractivity contribution in [3.8, 4) is 5.75 Å². The Kier molecular flexibility index (Phi) is 3.29. The van der Waals surface area contributed by atoms with Gasteiger partial charge >= 0.3 is 0 Å². The first-order valence-electron chi connectivity index (χ1n) is 5.77. The summed E-state index contributed by atoms with van der Waals surface area (Å²) in [6, 6.07) is 4.38. The standard InChI is InChI=1S/C13H16ClNO2/c1-13(5-2-6-13)8-15-12(17)10-7-9(16)3-4-11(10)14/h3-4,7,16H,2,5-6,8H2,1H3,(H,15,17). The maximum absolute atomic E-state index is 11.9. The van der Waals surface area contributed by atoms with Gasteiger partial charge in [-0.3, -0.25) is 4.79 Å². The lowest BCUT2D eigenvalue weighted by Gasteiger charge is -2.38. The molecule has 0 aromatic heterocycles. The highest BCUT2D eigenvalue weighted by Gasteiger charge is 2.32. The summed E-state index contributed by atoms with van der Waals surface area (Å²) < 4.78 is 0. The van der Waals surface area contributed by atoms with E-state index in [4.69, 9.17) is 11.6 Å². The third-order valence-electron chi connectivity index (χ3n) is 3.43. The lowest BCUT2D eigenvalue weighted by atomic mass is 9.70. The molecule has 92 valence electrons. The Morgan fingerprint density at radius 2 is 2.24 bits per heavy atom. The van der Waals surface area contributed by atoms with E-state index in [1.807, 2.05) is 0 Å². The van der Waals surface area contributed by atoms with Gasteiger partial charge in [0.25, 0.3) is 5.91 Å². The smallest absolute Gasteiger partial charge is 0.252 e. The second-order valence-electron chi connectivity index (χ2n) is 5.01. The zero-order valence-corrected chi connectivity index (χ0v) is 10.5. The lowest BCUT2D eigenvalue weighted by molar-refractivity contribution is 0.0890. The topological polar surface area (TPSA) is 49.3 Å². The summed E-state index contributed by atoms with van der Waals surface area (Å²) in [6.45, 7) is 2.83. The first-order valence-corrected chi connectivity index (χ1v) is 6.15. The van der Waals surface area contributed by atoms with Crippen LogP contribution in [0.1, 0.15) is 36.5 Å². The van der Waals surface area contributed by atoms with Crippen LogP contribution in [-0.2, 0) is 0 Å². The predicted octanol–water partition coefficient (Wildman–Crippen LogP) is 2.97. The molecule has 0 spiro atoms. The van der Waals surface area contributed by atoms with Crippen LogP contribution in [0.25, 0.3) is 0 Å². The van der Waals surface area contributed by atoms with E-state index in [1.54, 1.807) is 0 Å². The van der Waals surface area contributed by atoms with E-state index in [9.17, 15) is 9.90 Å². The molecule has 1 fully saturated rings. The lowest BCUT2D eigenvalue weighted by Crippen LogP contribution is -2.40. The highest BCUT2D eigenvalue weighted by Crippen LogP contribution is 2.39. The van der Waals surface area contributed by atoms with Crippen molar-refractivity contribution in [3.63, 3.8) is 0 Å². The molecule has 0 bridgehead atoms. The number of phenolic OH excluding ortho intramolecular Hbond substituents is 1. The van der Waals surface area contributed by atoms with Gasteiger partial charge in [0.2, 0.25) is 0 Å². The summed E-state index contributed by atoms with van der Waals surface area (Å²) in [4.78, 5) is 11.9. The molecule has 17 heavy (non-hydrogen) atoms. The normalized spacial score (nSPS) is 17.3. The highest BCUT2D eigenvalue weighted by atomic mass is 35.5. The van der Waals surface area contributed by atoms with Gasteiger partial charge in [0, 0.05) is 6.54 Å². The maximum Gasteiger partial charge on any atom is 0.252 e. The minimum absolute atomic E-state index is 0.0504. The molecule has 3 nitrogen and oxygen atoms in total. The number of carbonyl (C=O) groups excluding carboxylic acids is 1. The second kappa shape index (κ2) is 4.57. The Bertz CT molecular complexity index is 441. The summed E-state index contributed by atoms with van der Waals surface area (Å²) >= 11 is 5.92. The summed E-state index contributed by atoms with van der Waals surface area (Å²) in [7, 11) is 0. The third-order valence-corrected chi connectivity index (χ3v) is 3.76. The maximum atomic E-state index is 11.9. The van der Waals surface area contributed by atoms with Crippen molar-refractivity contribution < 1.29 is 9.90 Å². The summed E-state index contributed by atoms with van der Waals surface area (Å²) in [5.74, 6) is -0.173. The number of amides is 1. The summed E-state index contributed by atoms with van der Waals surface area (Å²) in [5, 5.41) is 12.6. The molecule has 4 heteroatoms. The second-order valence-corrected chi connectivity index (χ2v) is 5.42. The van der Waals surface area contributed by atoms with Crippen LogP contribution in [0.4, 0.5) is 0 Å². The zero-order valence-electron chi connectivity index (χ0n) is 9.79. The molecule has 2 N–H and O–H groups in total. The molecule has 0 aliphatic heterocycles. The Morgan fingerprint density at radius 1 is 1.53 bits per heavy atom. The quantitative estimate of drug-likeness (QED) is 0.870. The van der Waals surface area contributed by atoms with E-state index in [-0.39, 0.29) is 17.1 Å². The fraction of sp³-hybridized carbons (Fsp3) is 0.462. The molecule has 1 aromatic carbocycles. The van der Waals surface area contributed by atoms with Crippen molar-refractivity contribution in [1.29, 1.82) is 0 Å². The molecule has 0 heterocycles. The van der Waals surface area contributed by atoms with E-state index in [2.05, 4.69) is 12.2 Å². The van der Waals surface area contributed by atoms with Crippen LogP contribution in [0.5, 0.6) is 5.75 Å². The molecule has 0 unspecified atom stereocenters. The Balaban J connectivity index is 2.01. The first kappa shape index (κ1) is 12.2. The largest absolute Gasteiger partial charge is 0.508 e. The van der Waals surface area contributed by atoms with Gasteiger partial charge in [0.15, 0.2) is 0 Å². The van der Waals surface area contributed by atoms with Gasteiger partial charge in [-0.15, -0.1) is 0 Å². The van der Waals surface area contributed by atoms with E-state index in [0.29, 0.717) is 17.1 Å². The number of carbonyl (C=O) groups is 1. The molecule has 1 amide bonds. The number of rotatable bonds is 3. The average molecular weight is 254 g/mol.